The minimum Gasteiger partial charge on any atom is -0.491 e. The first-order valence-corrected chi connectivity index (χ1v) is 8.04. The van der Waals surface area contributed by atoms with E-state index in [9.17, 15) is 13.9 Å². The Kier molecular flexibility index (Phi) is 5.11. The predicted octanol–water partition coefficient (Wildman–Crippen LogP) is 2.11. The van der Waals surface area contributed by atoms with Crippen molar-refractivity contribution in [3.05, 3.63) is 47.3 Å². The Morgan fingerprint density at radius 2 is 2.25 bits per heavy atom. The zero-order valence-corrected chi connectivity index (χ0v) is 13.5. The molecule has 0 radical (unpaired) electrons. The van der Waals surface area contributed by atoms with E-state index in [2.05, 4.69) is 10.4 Å². The molecule has 0 saturated heterocycles. The highest BCUT2D eigenvalue weighted by molar-refractivity contribution is 5.25. The molecule has 1 aliphatic rings. The van der Waals surface area contributed by atoms with Gasteiger partial charge in [-0.15, -0.1) is 0 Å². The van der Waals surface area contributed by atoms with Crippen LogP contribution >= 0.6 is 0 Å². The van der Waals surface area contributed by atoms with Crippen LogP contribution in [0.3, 0.4) is 0 Å². The summed E-state index contributed by atoms with van der Waals surface area (Å²) >= 11 is 0. The van der Waals surface area contributed by atoms with Crippen LogP contribution in [0.2, 0.25) is 0 Å². The Balaban J connectivity index is 1.49. The molecule has 2 atom stereocenters. The molecule has 0 amide bonds. The number of hydrogen-bond donors (Lipinski definition) is 2. The van der Waals surface area contributed by atoms with Crippen molar-refractivity contribution in [1.82, 2.24) is 15.1 Å². The summed E-state index contributed by atoms with van der Waals surface area (Å²) in [6.45, 7) is 0.355. The Hall–Kier alpha value is -1.99. The highest BCUT2D eigenvalue weighted by atomic mass is 19.2. The van der Waals surface area contributed by atoms with Crippen LogP contribution in [0.1, 0.15) is 30.1 Å². The molecule has 7 heteroatoms. The minimum atomic E-state index is -0.966. The molecular formula is C17H21F2N3O2. The molecule has 0 saturated carbocycles. The number of rotatable bonds is 6. The van der Waals surface area contributed by atoms with Crippen LogP contribution in [0, 0.1) is 11.6 Å². The summed E-state index contributed by atoms with van der Waals surface area (Å²) in [5.41, 5.74) is 2.41. The Morgan fingerprint density at radius 1 is 1.42 bits per heavy atom. The van der Waals surface area contributed by atoms with Crippen molar-refractivity contribution in [2.45, 2.75) is 31.4 Å². The van der Waals surface area contributed by atoms with Gasteiger partial charge in [0, 0.05) is 37.0 Å². The third-order valence-electron chi connectivity index (χ3n) is 4.31. The molecule has 130 valence electrons. The van der Waals surface area contributed by atoms with Crippen LogP contribution in [-0.4, -0.2) is 34.1 Å². The Morgan fingerprint density at radius 3 is 3.04 bits per heavy atom. The third-order valence-corrected chi connectivity index (χ3v) is 4.31. The summed E-state index contributed by atoms with van der Waals surface area (Å²) in [6, 6.07) is 3.47. The van der Waals surface area contributed by atoms with E-state index in [1.54, 1.807) is 0 Å². The number of halogens is 2. The first-order chi connectivity index (χ1) is 11.5. The van der Waals surface area contributed by atoms with Crippen LogP contribution < -0.4 is 10.1 Å². The van der Waals surface area contributed by atoms with Crippen molar-refractivity contribution in [2.75, 3.05) is 13.2 Å². The first-order valence-electron chi connectivity index (χ1n) is 8.04. The average molecular weight is 337 g/mol. The summed E-state index contributed by atoms with van der Waals surface area (Å²) in [5.74, 6) is -1.69. The molecular weight excluding hydrogens is 316 g/mol. The number of nitrogens with zero attached hydrogens (tertiary/aromatic N) is 2. The summed E-state index contributed by atoms with van der Waals surface area (Å²) in [7, 11) is 1.94. The van der Waals surface area contributed by atoms with Crippen molar-refractivity contribution >= 4 is 0 Å². The average Bonchev–Trinajstić information content (AvgIpc) is 2.96. The van der Waals surface area contributed by atoms with Gasteiger partial charge in [-0.2, -0.15) is 5.10 Å². The van der Waals surface area contributed by atoms with Gasteiger partial charge in [-0.1, -0.05) is 0 Å². The Labute approximate surface area is 139 Å². The number of aliphatic hydroxyl groups excluding tert-OH is 1. The standard InChI is InChI=1S/C17H21F2N3O2/c1-22-17-4-2-3-16(13(17)9-21-22)20-8-11(23)10-24-12-5-6-14(18)15(19)7-12/h5-7,9,11,16,20,23H,2-4,8,10H2,1H3. The lowest BCUT2D eigenvalue weighted by Crippen LogP contribution is -2.35. The second-order valence-corrected chi connectivity index (χ2v) is 6.06. The molecule has 0 bridgehead atoms. The number of aryl methyl sites for hydroxylation is 1. The van der Waals surface area contributed by atoms with Crippen LogP contribution in [-0.2, 0) is 13.5 Å². The molecule has 1 aromatic heterocycles. The lowest BCUT2D eigenvalue weighted by atomic mass is 9.93. The number of aromatic nitrogens is 2. The zero-order valence-electron chi connectivity index (χ0n) is 13.5. The monoisotopic (exact) mass is 337 g/mol. The van der Waals surface area contributed by atoms with Gasteiger partial charge >= 0.3 is 0 Å². The summed E-state index contributed by atoms with van der Waals surface area (Å²) < 4.78 is 33.1. The van der Waals surface area contributed by atoms with Crippen LogP contribution in [0.25, 0.3) is 0 Å². The maximum atomic E-state index is 13.1. The van der Waals surface area contributed by atoms with Crippen LogP contribution in [0.5, 0.6) is 5.75 Å². The molecule has 0 spiro atoms. The number of aliphatic hydroxyl groups is 1. The number of hydrogen-bond acceptors (Lipinski definition) is 4. The van der Waals surface area contributed by atoms with Gasteiger partial charge in [0.15, 0.2) is 11.6 Å². The van der Waals surface area contributed by atoms with E-state index in [1.807, 2.05) is 17.9 Å². The molecule has 1 heterocycles. The van der Waals surface area contributed by atoms with Crippen molar-refractivity contribution in [1.29, 1.82) is 0 Å². The highest BCUT2D eigenvalue weighted by Crippen LogP contribution is 2.29. The fourth-order valence-corrected chi connectivity index (χ4v) is 3.01. The third kappa shape index (κ3) is 3.73. The predicted molar refractivity (Wildman–Crippen MR) is 84.7 cm³/mol. The zero-order chi connectivity index (χ0) is 17.1. The topological polar surface area (TPSA) is 59.3 Å². The van der Waals surface area contributed by atoms with Gasteiger partial charge in [0.1, 0.15) is 18.5 Å². The quantitative estimate of drug-likeness (QED) is 0.848. The highest BCUT2D eigenvalue weighted by Gasteiger charge is 2.23. The van der Waals surface area contributed by atoms with Crippen molar-refractivity contribution < 1.29 is 18.6 Å². The van der Waals surface area contributed by atoms with Crippen molar-refractivity contribution in [2.24, 2.45) is 7.05 Å². The number of benzene rings is 1. The van der Waals surface area contributed by atoms with E-state index in [0.717, 1.165) is 31.4 Å². The fraction of sp³-hybridized carbons (Fsp3) is 0.471. The van der Waals surface area contributed by atoms with Crippen LogP contribution in [0.4, 0.5) is 8.78 Å². The maximum Gasteiger partial charge on any atom is 0.162 e. The molecule has 2 unspecified atom stereocenters. The van der Waals surface area contributed by atoms with E-state index in [-0.39, 0.29) is 18.4 Å². The van der Waals surface area contributed by atoms with Gasteiger partial charge in [0.05, 0.1) is 6.20 Å². The van der Waals surface area contributed by atoms with Gasteiger partial charge in [-0.3, -0.25) is 4.68 Å². The van der Waals surface area contributed by atoms with Crippen LogP contribution in [0.15, 0.2) is 24.4 Å². The molecule has 1 aliphatic carbocycles. The summed E-state index contributed by atoms with van der Waals surface area (Å²) in [4.78, 5) is 0. The Bertz CT molecular complexity index is 705. The van der Waals surface area contributed by atoms with E-state index < -0.39 is 17.7 Å². The molecule has 0 aliphatic heterocycles. The summed E-state index contributed by atoms with van der Waals surface area (Å²) in [5, 5.41) is 17.7. The van der Waals surface area contributed by atoms with Gasteiger partial charge < -0.3 is 15.2 Å². The summed E-state index contributed by atoms with van der Waals surface area (Å²) in [6.07, 6.45) is 4.21. The normalized spacial score (nSPS) is 18.2. The molecule has 5 nitrogen and oxygen atoms in total. The van der Waals surface area contributed by atoms with E-state index in [1.165, 1.54) is 17.3 Å². The molecule has 2 aromatic rings. The number of fused-ring (bicyclic) bond motifs is 1. The second kappa shape index (κ2) is 7.27. The fourth-order valence-electron chi connectivity index (χ4n) is 3.01. The van der Waals surface area contributed by atoms with Gasteiger partial charge in [-0.05, 0) is 31.4 Å². The first kappa shape index (κ1) is 16.9. The maximum absolute atomic E-state index is 13.1. The lowest BCUT2D eigenvalue weighted by molar-refractivity contribution is 0.102. The molecule has 2 N–H and O–H groups in total. The van der Waals surface area contributed by atoms with E-state index in [4.69, 9.17) is 4.74 Å². The lowest BCUT2D eigenvalue weighted by Gasteiger charge is -2.25. The molecule has 24 heavy (non-hydrogen) atoms. The SMILES string of the molecule is Cn1ncc2c1CCCC2NCC(O)COc1ccc(F)c(F)c1. The second-order valence-electron chi connectivity index (χ2n) is 6.06. The van der Waals surface area contributed by atoms with Gasteiger partial charge in [0.25, 0.3) is 0 Å². The molecule has 0 fully saturated rings. The van der Waals surface area contributed by atoms with Gasteiger partial charge in [-0.25, -0.2) is 8.78 Å². The smallest absolute Gasteiger partial charge is 0.162 e. The minimum absolute atomic E-state index is 0.00465. The van der Waals surface area contributed by atoms with Crippen molar-refractivity contribution in [3.8, 4) is 5.75 Å². The largest absolute Gasteiger partial charge is 0.491 e. The molecule has 1 aromatic carbocycles. The van der Waals surface area contributed by atoms with Crippen molar-refractivity contribution in [3.63, 3.8) is 0 Å². The number of ether oxygens (including phenoxy) is 1. The van der Waals surface area contributed by atoms with E-state index >= 15 is 0 Å². The molecule has 3 rings (SSSR count). The number of nitrogens with one attached hydrogen (secondary N) is 1. The van der Waals surface area contributed by atoms with Gasteiger partial charge in [0.2, 0.25) is 0 Å². The van der Waals surface area contributed by atoms with E-state index in [0.29, 0.717) is 6.54 Å².